The molecule has 0 unspecified atom stereocenters. The van der Waals surface area contributed by atoms with Crippen LogP contribution in [-0.2, 0) is 0 Å². The summed E-state index contributed by atoms with van der Waals surface area (Å²) in [5, 5.41) is 5.99. The molecule has 0 fully saturated rings. The van der Waals surface area contributed by atoms with Gasteiger partial charge in [0.1, 0.15) is 0 Å². The number of thiophene rings is 1. The third kappa shape index (κ3) is 3.52. The van der Waals surface area contributed by atoms with E-state index in [-0.39, 0.29) is 0 Å². The van der Waals surface area contributed by atoms with Crippen LogP contribution >= 0.6 is 11.3 Å². The Hall–Kier alpha value is -5.32. The Bertz CT molecular complexity index is 2460. The van der Waals surface area contributed by atoms with Gasteiger partial charge in [-0.15, -0.1) is 11.3 Å². The first-order valence-electron chi connectivity index (χ1n) is 14.1. The van der Waals surface area contributed by atoms with Gasteiger partial charge in [-0.25, -0.2) is 9.97 Å². The molecular weight excluding hydrogens is 531 g/mol. The van der Waals surface area contributed by atoms with Gasteiger partial charge >= 0.3 is 0 Å². The average molecular weight is 554 g/mol. The summed E-state index contributed by atoms with van der Waals surface area (Å²) in [4.78, 5) is 10.7. The maximum absolute atomic E-state index is 5.37. The molecule has 0 bridgehead atoms. The van der Waals surface area contributed by atoms with Crippen molar-refractivity contribution in [3.05, 3.63) is 140 Å². The van der Waals surface area contributed by atoms with E-state index in [1.54, 1.807) is 11.3 Å². The molecule has 9 aromatic rings. The first kappa shape index (κ1) is 23.4. The molecule has 3 nitrogen and oxygen atoms in total. The molecule has 196 valence electrons. The summed E-state index contributed by atoms with van der Waals surface area (Å²) < 4.78 is 4.56. The van der Waals surface area contributed by atoms with E-state index in [2.05, 4.69) is 144 Å². The first-order chi connectivity index (χ1) is 20.8. The van der Waals surface area contributed by atoms with E-state index in [4.69, 9.17) is 9.97 Å². The van der Waals surface area contributed by atoms with Crippen LogP contribution in [0.3, 0.4) is 0 Å². The third-order valence-electron chi connectivity index (χ3n) is 8.19. The van der Waals surface area contributed by atoms with E-state index in [0.717, 1.165) is 37.9 Å². The van der Waals surface area contributed by atoms with Gasteiger partial charge in [-0.3, -0.25) is 4.57 Å². The number of hydrogen-bond donors (Lipinski definition) is 0. The summed E-state index contributed by atoms with van der Waals surface area (Å²) >= 11 is 1.77. The second-order valence-corrected chi connectivity index (χ2v) is 11.7. The number of rotatable bonds is 3. The number of aromatic nitrogens is 3. The standard InChI is InChI=1S/C38H23N3S/c1-3-11-24(12-4-1)28-19-20-34-31(22-28)36-37(42-34)35(25-13-5-2-6-14-25)39-38(40-36)41-32-18-10-9-17-29(32)30-21-26-15-7-8-16-27(26)23-33(30)41/h1-23H. The summed E-state index contributed by atoms with van der Waals surface area (Å²) in [6.07, 6.45) is 0. The fourth-order valence-corrected chi connectivity index (χ4v) is 7.34. The van der Waals surface area contributed by atoms with Crippen molar-refractivity contribution in [3.63, 3.8) is 0 Å². The number of para-hydroxylation sites is 1. The lowest BCUT2D eigenvalue weighted by Gasteiger charge is -2.10. The van der Waals surface area contributed by atoms with Crippen LogP contribution in [0.2, 0.25) is 0 Å². The van der Waals surface area contributed by atoms with Gasteiger partial charge in [0, 0.05) is 26.4 Å². The van der Waals surface area contributed by atoms with Crippen LogP contribution in [0, 0.1) is 0 Å². The zero-order valence-electron chi connectivity index (χ0n) is 22.5. The zero-order chi connectivity index (χ0) is 27.6. The molecule has 0 saturated carbocycles. The van der Waals surface area contributed by atoms with E-state index >= 15 is 0 Å². The Balaban J connectivity index is 1.41. The molecule has 0 aliphatic heterocycles. The SMILES string of the molecule is c1ccc(-c2ccc3sc4c(-c5ccccc5)nc(-n5c6ccccc6c6cc7ccccc7cc65)nc4c3c2)cc1. The lowest BCUT2D eigenvalue weighted by atomic mass is 10.0. The topological polar surface area (TPSA) is 30.7 Å². The minimum atomic E-state index is 0.688. The monoisotopic (exact) mass is 553 g/mol. The van der Waals surface area contributed by atoms with Crippen LogP contribution in [0.15, 0.2) is 140 Å². The van der Waals surface area contributed by atoms with E-state index in [1.165, 1.54) is 37.4 Å². The minimum Gasteiger partial charge on any atom is -0.278 e. The molecular formula is C38H23N3S. The summed E-state index contributed by atoms with van der Waals surface area (Å²) in [6, 6.07) is 49.5. The lowest BCUT2D eigenvalue weighted by molar-refractivity contribution is 1.02. The van der Waals surface area contributed by atoms with Gasteiger partial charge in [0.2, 0.25) is 5.95 Å². The Morgan fingerprint density at radius 2 is 1.17 bits per heavy atom. The van der Waals surface area contributed by atoms with E-state index in [0.29, 0.717) is 5.95 Å². The van der Waals surface area contributed by atoms with Crippen molar-refractivity contribution in [1.29, 1.82) is 0 Å². The number of fused-ring (bicyclic) bond motifs is 7. The predicted molar refractivity (Wildman–Crippen MR) is 178 cm³/mol. The Kier molecular flexibility index (Phi) is 5.07. The van der Waals surface area contributed by atoms with Gasteiger partial charge in [0.15, 0.2) is 0 Å². The van der Waals surface area contributed by atoms with Gasteiger partial charge < -0.3 is 0 Å². The highest BCUT2D eigenvalue weighted by Gasteiger charge is 2.20. The highest BCUT2D eigenvalue weighted by molar-refractivity contribution is 7.26. The van der Waals surface area contributed by atoms with Crippen LogP contribution in [0.5, 0.6) is 0 Å². The van der Waals surface area contributed by atoms with Crippen molar-refractivity contribution < 1.29 is 0 Å². The molecule has 6 aromatic carbocycles. The second kappa shape index (κ2) is 9.10. The summed E-state index contributed by atoms with van der Waals surface area (Å²) in [7, 11) is 0. The molecule has 0 aliphatic carbocycles. The summed E-state index contributed by atoms with van der Waals surface area (Å²) in [5.74, 6) is 0.688. The fourth-order valence-electron chi connectivity index (χ4n) is 6.20. The second-order valence-electron chi connectivity index (χ2n) is 10.7. The van der Waals surface area contributed by atoms with Gasteiger partial charge in [0.05, 0.1) is 26.9 Å². The summed E-state index contributed by atoms with van der Waals surface area (Å²) in [6.45, 7) is 0. The molecule has 0 N–H and O–H groups in total. The number of nitrogens with zero attached hydrogens (tertiary/aromatic N) is 3. The number of hydrogen-bond acceptors (Lipinski definition) is 3. The van der Waals surface area contributed by atoms with Crippen molar-refractivity contribution in [2.45, 2.75) is 0 Å². The molecule has 9 rings (SSSR count). The van der Waals surface area contributed by atoms with E-state index in [1.807, 2.05) is 0 Å². The van der Waals surface area contributed by atoms with Crippen molar-refractivity contribution in [2.75, 3.05) is 0 Å². The molecule has 0 amide bonds. The minimum absolute atomic E-state index is 0.688. The number of benzene rings is 6. The molecule has 0 spiro atoms. The van der Waals surface area contributed by atoms with Crippen LogP contribution in [0.1, 0.15) is 0 Å². The van der Waals surface area contributed by atoms with Crippen molar-refractivity contribution in [3.8, 4) is 28.3 Å². The first-order valence-corrected chi connectivity index (χ1v) is 14.9. The molecule has 3 aromatic heterocycles. The molecule has 0 atom stereocenters. The van der Waals surface area contributed by atoms with Crippen molar-refractivity contribution >= 4 is 64.2 Å². The molecule has 3 heterocycles. The van der Waals surface area contributed by atoms with Crippen LogP contribution in [0.25, 0.3) is 81.2 Å². The Morgan fingerprint density at radius 1 is 0.476 bits per heavy atom. The maximum Gasteiger partial charge on any atom is 0.235 e. The highest BCUT2D eigenvalue weighted by atomic mass is 32.1. The van der Waals surface area contributed by atoms with Crippen molar-refractivity contribution in [2.24, 2.45) is 0 Å². The molecule has 42 heavy (non-hydrogen) atoms. The normalized spacial score (nSPS) is 11.8. The Labute approximate surface area is 246 Å². The molecule has 0 radical (unpaired) electrons. The summed E-state index contributed by atoms with van der Waals surface area (Å²) in [5.41, 5.74) is 7.64. The van der Waals surface area contributed by atoms with Gasteiger partial charge in [-0.2, -0.15) is 0 Å². The van der Waals surface area contributed by atoms with Crippen LogP contribution < -0.4 is 0 Å². The maximum atomic E-state index is 5.37. The van der Waals surface area contributed by atoms with E-state index < -0.39 is 0 Å². The zero-order valence-corrected chi connectivity index (χ0v) is 23.3. The predicted octanol–water partition coefficient (Wildman–Crippen LogP) is 10.4. The largest absolute Gasteiger partial charge is 0.278 e. The quantitative estimate of drug-likeness (QED) is 0.218. The molecule has 4 heteroatoms. The van der Waals surface area contributed by atoms with Crippen molar-refractivity contribution in [1.82, 2.24) is 14.5 Å². The van der Waals surface area contributed by atoms with Gasteiger partial charge in [-0.05, 0) is 52.2 Å². The van der Waals surface area contributed by atoms with Crippen LogP contribution in [-0.4, -0.2) is 14.5 Å². The highest BCUT2D eigenvalue weighted by Crippen LogP contribution is 2.41. The average Bonchev–Trinajstić information content (AvgIpc) is 3.59. The fraction of sp³-hybridized carbons (Fsp3) is 0. The molecule has 0 saturated heterocycles. The lowest BCUT2D eigenvalue weighted by Crippen LogP contribution is -2.02. The molecule has 0 aliphatic rings. The van der Waals surface area contributed by atoms with Gasteiger partial charge in [-0.1, -0.05) is 109 Å². The Morgan fingerprint density at radius 3 is 1.98 bits per heavy atom. The smallest absolute Gasteiger partial charge is 0.235 e. The van der Waals surface area contributed by atoms with Crippen LogP contribution in [0.4, 0.5) is 0 Å². The third-order valence-corrected chi connectivity index (χ3v) is 9.36. The van der Waals surface area contributed by atoms with E-state index in [9.17, 15) is 0 Å². The van der Waals surface area contributed by atoms with Gasteiger partial charge in [0.25, 0.3) is 0 Å².